The van der Waals surface area contributed by atoms with Crippen molar-refractivity contribution in [3.8, 4) is 0 Å². The number of carboxylic acid groups (broad SMARTS) is 1. The molecule has 0 radical (unpaired) electrons. The molecule has 4 nitrogen and oxygen atoms in total. The van der Waals surface area contributed by atoms with Crippen molar-refractivity contribution in [3.05, 3.63) is 48.4 Å². The van der Waals surface area contributed by atoms with Gasteiger partial charge in [0.1, 0.15) is 10.7 Å². The van der Waals surface area contributed by atoms with Gasteiger partial charge in [-0.1, -0.05) is 17.8 Å². The summed E-state index contributed by atoms with van der Waals surface area (Å²) in [5.41, 5.74) is 0.0466. The number of nitrogens with zero attached hydrogens (tertiary/aromatic N) is 2. The highest BCUT2D eigenvalue weighted by Crippen LogP contribution is 2.24. The van der Waals surface area contributed by atoms with E-state index in [9.17, 15) is 4.79 Å². The Balaban J connectivity index is 2.14. The third kappa shape index (κ3) is 2.58. The van der Waals surface area contributed by atoms with Gasteiger partial charge < -0.3 is 5.11 Å². The lowest BCUT2D eigenvalue weighted by molar-refractivity contribution is 0.0690. The van der Waals surface area contributed by atoms with Crippen LogP contribution < -0.4 is 0 Å². The number of aromatic carboxylic acids is 1. The third-order valence-corrected chi connectivity index (χ3v) is 2.74. The second kappa shape index (κ2) is 4.76. The van der Waals surface area contributed by atoms with Gasteiger partial charge in [-0.05, 0) is 24.3 Å². The highest BCUT2D eigenvalue weighted by atomic mass is 32.2. The van der Waals surface area contributed by atoms with E-state index in [2.05, 4.69) is 9.97 Å². The molecule has 0 bridgehead atoms. The molecular formula is C11H8N2O2S. The van der Waals surface area contributed by atoms with Gasteiger partial charge in [0.25, 0.3) is 0 Å². The fourth-order valence-corrected chi connectivity index (χ4v) is 1.84. The van der Waals surface area contributed by atoms with Crippen molar-refractivity contribution in [1.29, 1.82) is 0 Å². The summed E-state index contributed by atoms with van der Waals surface area (Å²) in [4.78, 5) is 19.4. The molecule has 2 rings (SSSR count). The molecule has 2 aromatic heterocycles. The van der Waals surface area contributed by atoms with E-state index in [4.69, 9.17) is 5.11 Å². The third-order valence-electron chi connectivity index (χ3n) is 1.82. The fraction of sp³-hybridized carbons (Fsp3) is 0. The van der Waals surface area contributed by atoms with Crippen molar-refractivity contribution in [3.63, 3.8) is 0 Å². The molecule has 2 heterocycles. The van der Waals surface area contributed by atoms with Gasteiger partial charge in [0.15, 0.2) is 0 Å². The van der Waals surface area contributed by atoms with E-state index in [1.807, 2.05) is 18.2 Å². The fourth-order valence-electron chi connectivity index (χ4n) is 1.10. The van der Waals surface area contributed by atoms with Gasteiger partial charge in [0, 0.05) is 17.3 Å². The summed E-state index contributed by atoms with van der Waals surface area (Å²) in [5, 5.41) is 9.54. The minimum absolute atomic E-state index is 0.0466. The molecule has 0 aromatic carbocycles. The first-order valence-corrected chi connectivity index (χ1v) is 5.35. The maximum absolute atomic E-state index is 10.6. The number of carbonyl (C=O) groups is 1. The molecule has 16 heavy (non-hydrogen) atoms. The van der Waals surface area contributed by atoms with Crippen molar-refractivity contribution in [2.45, 2.75) is 9.92 Å². The summed E-state index contributed by atoms with van der Waals surface area (Å²) in [6.45, 7) is 0. The van der Waals surface area contributed by atoms with Crippen molar-refractivity contribution in [1.82, 2.24) is 9.97 Å². The highest BCUT2D eigenvalue weighted by Gasteiger charge is 2.04. The van der Waals surface area contributed by atoms with Crippen LogP contribution in [0.4, 0.5) is 0 Å². The molecule has 0 aliphatic rings. The lowest BCUT2D eigenvalue weighted by Gasteiger charge is -2.00. The quantitative estimate of drug-likeness (QED) is 0.879. The molecule has 0 saturated carbocycles. The van der Waals surface area contributed by atoms with E-state index in [1.54, 1.807) is 12.3 Å². The van der Waals surface area contributed by atoms with Crippen LogP contribution >= 0.6 is 11.8 Å². The predicted octanol–water partition coefficient (Wildman–Crippen LogP) is 2.33. The average Bonchev–Trinajstić information content (AvgIpc) is 2.31. The number of pyridine rings is 2. The Morgan fingerprint density at radius 2 is 2.06 bits per heavy atom. The molecule has 5 heteroatoms. The topological polar surface area (TPSA) is 63.1 Å². The summed E-state index contributed by atoms with van der Waals surface area (Å²) < 4.78 is 0. The van der Waals surface area contributed by atoms with E-state index in [0.29, 0.717) is 0 Å². The Kier molecular flexibility index (Phi) is 3.16. The van der Waals surface area contributed by atoms with E-state index in [1.165, 1.54) is 24.0 Å². The maximum Gasteiger partial charge on any atom is 0.354 e. The largest absolute Gasteiger partial charge is 0.477 e. The van der Waals surface area contributed by atoms with Crippen molar-refractivity contribution >= 4 is 17.7 Å². The lowest BCUT2D eigenvalue weighted by atomic mass is 10.4. The Morgan fingerprint density at radius 3 is 2.62 bits per heavy atom. The zero-order valence-corrected chi connectivity index (χ0v) is 9.02. The zero-order chi connectivity index (χ0) is 11.4. The van der Waals surface area contributed by atoms with Crippen molar-refractivity contribution in [2.24, 2.45) is 0 Å². The minimum atomic E-state index is -1.02. The smallest absolute Gasteiger partial charge is 0.354 e. The van der Waals surface area contributed by atoms with Gasteiger partial charge >= 0.3 is 5.97 Å². The minimum Gasteiger partial charge on any atom is -0.477 e. The van der Waals surface area contributed by atoms with Crippen LogP contribution in [0.25, 0.3) is 0 Å². The van der Waals surface area contributed by atoms with Crippen LogP contribution in [0.2, 0.25) is 0 Å². The Bertz CT molecular complexity index is 485. The predicted molar refractivity (Wildman–Crippen MR) is 59.6 cm³/mol. The molecule has 0 unspecified atom stereocenters. The Labute approximate surface area is 96.4 Å². The molecule has 0 amide bonds. The first kappa shape index (κ1) is 10.6. The zero-order valence-electron chi connectivity index (χ0n) is 8.20. The molecule has 0 saturated heterocycles. The van der Waals surface area contributed by atoms with Crippen LogP contribution in [0.5, 0.6) is 0 Å². The second-order valence-electron chi connectivity index (χ2n) is 2.95. The summed E-state index contributed by atoms with van der Waals surface area (Å²) in [6, 6.07) is 8.82. The van der Waals surface area contributed by atoms with Gasteiger partial charge in [-0.15, -0.1) is 0 Å². The van der Waals surface area contributed by atoms with Crippen LogP contribution in [0, 0.1) is 0 Å². The first-order chi connectivity index (χ1) is 7.75. The number of rotatable bonds is 3. The maximum atomic E-state index is 10.6. The summed E-state index contributed by atoms with van der Waals surface area (Å²) in [5.74, 6) is -1.02. The van der Waals surface area contributed by atoms with Gasteiger partial charge in [-0.3, -0.25) is 0 Å². The first-order valence-electron chi connectivity index (χ1n) is 4.54. The molecule has 0 aliphatic heterocycles. The molecule has 1 N–H and O–H groups in total. The number of carboxylic acids is 1. The van der Waals surface area contributed by atoms with Crippen LogP contribution in [0.3, 0.4) is 0 Å². The lowest BCUT2D eigenvalue weighted by Crippen LogP contribution is -1.98. The number of aromatic nitrogens is 2. The molecule has 0 fully saturated rings. The Morgan fingerprint density at radius 1 is 1.19 bits per heavy atom. The Hall–Kier alpha value is -1.88. The van der Waals surface area contributed by atoms with Crippen LogP contribution in [0.15, 0.2) is 52.6 Å². The average molecular weight is 232 g/mol. The molecule has 0 spiro atoms. The SMILES string of the molecule is O=C(O)c1ccc(Sc2ccccn2)cn1. The number of hydrogen-bond donors (Lipinski definition) is 1. The van der Waals surface area contributed by atoms with E-state index >= 15 is 0 Å². The van der Waals surface area contributed by atoms with E-state index in [-0.39, 0.29) is 5.69 Å². The van der Waals surface area contributed by atoms with E-state index in [0.717, 1.165) is 9.92 Å². The van der Waals surface area contributed by atoms with Crippen molar-refractivity contribution in [2.75, 3.05) is 0 Å². The number of hydrogen-bond acceptors (Lipinski definition) is 4. The summed E-state index contributed by atoms with van der Waals surface area (Å²) in [6.07, 6.45) is 3.24. The highest BCUT2D eigenvalue weighted by molar-refractivity contribution is 7.99. The summed E-state index contributed by atoms with van der Waals surface area (Å²) in [7, 11) is 0. The van der Waals surface area contributed by atoms with Gasteiger partial charge in [-0.25, -0.2) is 14.8 Å². The molecule has 0 aliphatic carbocycles. The molecule has 0 atom stereocenters. The standard InChI is InChI=1S/C11H8N2O2S/c14-11(15)9-5-4-8(7-13-9)16-10-3-1-2-6-12-10/h1-7H,(H,14,15). The van der Waals surface area contributed by atoms with Crippen LogP contribution in [-0.2, 0) is 0 Å². The van der Waals surface area contributed by atoms with Crippen molar-refractivity contribution < 1.29 is 9.90 Å². The van der Waals surface area contributed by atoms with E-state index < -0.39 is 5.97 Å². The van der Waals surface area contributed by atoms with Gasteiger partial charge in [0.05, 0.1) is 0 Å². The van der Waals surface area contributed by atoms with Gasteiger partial charge in [-0.2, -0.15) is 0 Å². The van der Waals surface area contributed by atoms with Gasteiger partial charge in [0.2, 0.25) is 0 Å². The van der Waals surface area contributed by atoms with Crippen LogP contribution in [0.1, 0.15) is 10.5 Å². The monoisotopic (exact) mass is 232 g/mol. The molecule has 2 aromatic rings. The normalized spacial score (nSPS) is 10.0. The van der Waals surface area contributed by atoms with Crippen LogP contribution in [-0.4, -0.2) is 21.0 Å². The second-order valence-corrected chi connectivity index (χ2v) is 4.05. The summed E-state index contributed by atoms with van der Waals surface area (Å²) >= 11 is 1.44. The molecular weight excluding hydrogens is 224 g/mol. The molecule has 80 valence electrons.